The number of carboxylic acids is 1. The first-order chi connectivity index (χ1) is 8.99. The number of ether oxygens (including phenoxy) is 1. The quantitative estimate of drug-likeness (QED) is 0.875. The Balaban J connectivity index is 2.12. The minimum absolute atomic E-state index is 0.491. The van der Waals surface area contributed by atoms with Crippen LogP contribution >= 0.6 is 0 Å². The van der Waals surface area contributed by atoms with Crippen molar-refractivity contribution in [2.24, 2.45) is 0 Å². The highest BCUT2D eigenvalue weighted by molar-refractivity contribution is 5.76. The molecule has 4 nitrogen and oxygen atoms in total. The van der Waals surface area contributed by atoms with Gasteiger partial charge in [-0.1, -0.05) is 12.1 Å². The van der Waals surface area contributed by atoms with E-state index in [1.807, 2.05) is 18.2 Å². The van der Waals surface area contributed by atoms with E-state index in [0.29, 0.717) is 11.7 Å². The Kier molecular flexibility index (Phi) is 4.10. The lowest BCUT2D eigenvalue weighted by Crippen LogP contribution is -2.37. The highest BCUT2D eigenvalue weighted by atomic mass is 16.5. The third-order valence-corrected chi connectivity index (χ3v) is 3.51. The van der Waals surface area contributed by atoms with Gasteiger partial charge in [-0.15, -0.1) is 0 Å². The molecular weight excluding hydrogens is 242 g/mol. The molecule has 1 aromatic rings. The fourth-order valence-corrected chi connectivity index (χ4v) is 2.31. The molecular formula is C15H21NO3. The summed E-state index contributed by atoms with van der Waals surface area (Å²) in [6.45, 7) is 5.18. The third kappa shape index (κ3) is 3.47. The zero-order valence-corrected chi connectivity index (χ0v) is 11.5. The number of hydrogen-bond donors (Lipinski definition) is 2. The lowest BCUT2D eigenvalue weighted by Gasteiger charge is -2.25. The number of carbonyl (C=O) groups is 1. The summed E-state index contributed by atoms with van der Waals surface area (Å²) in [6.07, 6.45) is 2.34. The highest BCUT2D eigenvalue weighted by Crippen LogP contribution is 2.27. The molecule has 0 aromatic heterocycles. The third-order valence-electron chi connectivity index (χ3n) is 3.51. The van der Waals surface area contributed by atoms with E-state index >= 15 is 0 Å². The Morgan fingerprint density at radius 1 is 1.47 bits per heavy atom. The largest absolute Gasteiger partial charge is 0.478 e. The van der Waals surface area contributed by atoms with Crippen LogP contribution in [0, 0.1) is 0 Å². The van der Waals surface area contributed by atoms with Crippen molar-refractivity contribution in [3.05, 3.63) is 29.8 Å². The molecule has 1 aromatic carbocycles. The second kappa shape index (κ2) is 5.61. The van der Waals surface area contributed by atoms with Crippen LogP contribution in [0.2, 0.25) is 0 Å². The van der Waals surface area contributed by atoms with Crippen LogP contribution < -0.4 is 10.1 Å². The van der Waals surface area contributed by atoms with Gasteiger partial charge in [-0.3, -0.25) is 0 Å². The lowest BCUT2D eigenvalue weighted by molar-refractivity contribution is -0.152. The van der Waals surface area contributed by atoms with Crippen molar-refractivity contribution in [3.8, 4) is 5.75 Å². The number of aliphatic carboxylic acids is 1. The Bertz CT molecular complexity index is 450. The molecule has 0 saturated carbocycles. The Morgan fingerprint density at radius 2 is 2.26 bits per heavy atom. The smallest absolute Gasteiger partial charge is 0.347 e. The van der Waals surface area contributed by atoms with Gasteiger partial charge >= 0.3 is 5.97 Å². The second-order valence-electron chi connectivity index (χ2n) is 5.53. The average Bonchev–Trinajstić information content (AvgIpc) is 2.39. The van der Waals surface area contributed by atoms with Crippen LogP contribution in [0.1, 0.15) is 38.2 Å². The number of nitrogens with one attached hydrogen (secondary N) is 1. The molecule has 1 fully saturated rings. The first-order valence-corrected chi connectivity index (χ1v) is 6.72. The van der Waals surface area contributed by atoms with Crippen molar-refractivity contribution >= 4 is 5.97 Å². The molecule has 4 heteroatoms. The molecule has 2 N–H and O–H groups in total. The van der Waals surface area contributed by atoms with Gasteiger partial charge in [0.2, 0.25) is 0 Å². The van der Waals surface area contributed by atoms with Crippen molar-refractivity contribution in [1.29, 1.82) is 0 Å². The second-order valence-corrected chi connectivity index (χ2v) is 5.53. The lowest BCUT2D eigenvalue weighted by atomic mass is 9.91. The van der Waals surface area contributed by atoms with Gasteiger partial charge in [-0.05, 0) is 56.8 Å². The number of benzene rings is 1. The minimum atomic E-state index is -1.20. The molecule has 104 valence electrons. The van der Waals surface area contributed by atoms with Crippen LogP contribution in [0.15, 0.2) is 24.3 Å². The van der Waals surface area contributed by atoms with E-state index in [1.54, 1.807) is 13.8 Å². The van der Waals surface area contributed by atoms with Crippen LogP contribution in [0.5, 0.6) is 5.75 Å². The van der Waals surface area contributed by atoms with Crippen molar-refractivity contribution < 1.29 is 14.6 Å². The van der Waals surface area contributed by atoms with Crippen LogP contribution in [0.4, 0.5) is 0 Å². The highest BCUT2D eigenvalue weighted by Gasteiger charge is 2.29. The van der Waals surface area contributed by atoms with E-state index in [0.717, 1.165) is 13.1 Å². The topological polar surface area (TPSA) is 58.6 Å². The van der Waals surface area contributed by atoms with Crippen molar-refractivity contribution in [2.45, 2.75) is 38.2 Å². The van der Waals surface area contributed by atoms with Crippen LogP contribution in [-0.4, -0.2) is 29.8 Å². The summed E-state index contributed by atoms with van der Waals surface area (Å²) in [5.41, 5.74) is 0.00886. The zero-order chi connectivity index (χ0) is 13.9. The number of rotatable bonds is 4. The van der Waals surface area contributed by atoms with Crippen LogP contribution in [0.3, 0.4) is 0 Å². The first kappa shape index (κ1) is 13.9. The molecule has 19 heavy (non-hydrogen) atoms. The summed E-state index contributed by atoms with van der Waals surface area (Å²) in [5, 5.41) is 12.5. The zero-order valence-electron chi connectivity index (χ0n) is 11.5. The minimum Gasteiger partial charge on any atom is -0.478 e. The number of piperidine rings is 1. The van der Waals surface area contributed by atoms with E-state index in [1.165, 1.54) is 18.4 Å². The monoisotopic (exact) mass is 263 g/mol. The first-order valence-electron chi connectivity index (χ1n) is 6.72. The Morgan fingerprint density at radius 3 is 2.89 bits per heavy atom. The normalized spacial score (nSPS) is 20.0. The summed E-state index contributed by atoms with van der Waals surface area (Å²) < 4.78 is 5.57. The molecule has 1 heterocycles. The maximum Gasteiger partial charge on any atom is 0.347 e. The molecule has 0 amide bonds. The van der Waals surface area contributed by atoms with Gasteiger partial charge < -0.3 is 15.2 Å². The molecule has 1 atom stereocenters. The van der Waals surface area contributed by atoms with Crippen molar-refractivity contribution in [3.63, 3.8) is 0 Å². The van der Waals surface area contributed by atoms with Crippen LogP contribution in [-0.2, 0) is 4.79 Å². The molecule has 0 radical (unpaired) electrons. The van der Waals surface area contributed by atoms with E-state index in [2.05, 4.69) is 11.4 Å². The van der Waals surface area contributed by atoms with Gasteiger partial charge in [0.05, 0.1) is 0 Å². The van der Waals surface area contributed by atoms with Gasteiger partial charge in [-0.2, -0.15) is 0 Å². The summed E-state index contributed by atoms with van der Waals surface area (Å²) in [5.74, 6) is 0.151. The predicted molar refractivity (Wildman–Crippen MR) is 73.6 cm³/mol. The molecule has 1 aliphatic rings. The van der Waals surface area contributed by atoms with E-state index in [4.69, 9.17) is 9.84 Å². The maximum atomic E-state index is 11.1. The van der Waals surface area contributed by atoms with E-state index in [9.17, 15) is 4.79 Å². The van der Waals surface area contributed by atoms with Crippen LogP contribution in [0.25, 0.3) is 0 Å². The fourth-order valence-electron chi connectivity index (χ4n) is 2.31. The van der Waals surface area contributed by atoms with Gasteiger partial charge in [0.15, 0.2) is 5.60 Å². The summed E-state index contributed by atoms with van der Waals surface area (Å²) in [4.78, 5) is 11.1. The maximum absolute atomic E-state index is 11.1. The van der Waals surface area contributed by atoms with Crippen molar-refractivity contribution in [1.82, 2.24) is 5.32 Å². The van der Waals surface area contributed by atoms with Crippen molar-refractivity contribution in [2.75, 3.05) is 13.1 Å². The molecule has 2 rings (SSSR count). The number of hydrogen-bond acceptors (Lipinski definition) is 3. The Hall–Kier alpha value is -1.55. The molecule has 0 bridgehead atoms. The molecule has 0 spiro atoms. The SMILES string of the molecule is CC(C)(Oc1cccc([C@H]2CCCNC2)c1)C(=O)O. The van der Waals surface area contributed by atoms with Gasteiger partial charge in [0.25, 0.3) is 0 Å². The summed E-state index contributed by atoms with van der Waals surface area (Å²) in [6, 6.07) is 7.78. The standard InChI is InChI=1S/C15H21NO3/c1-15(2,14(17)18)19-13-7-3-5-11(9-13)12-6-4-8-16-10-12/h3,5,7,9,12,16H,4,6,8,10H2,1-2H3,(H,17,18)/t12-/m0/s1. The van der Waals surface area contributed by atoms with E-state index < -0.39 is 11.6 Å². The number of carboxylic acid groups (broad SMARTS) is 1. The molecule has 0 aliphatic carbocycles. The Labute approximate surface area is 113 Å². The summed E-state index contributed by atoms with van der Waals surface area (Å²) >= 11 is 0. The van der Waals surface area contributed by atoms with E-state index in [-0.39, 0.29) is 0 Å². The van der Waals surface area contributed by atoms with Gasteiger partial charge in [-0.25, -0.2) is 4.79 Å². The van der Waals surface area contributed by atoms with Gasteiger partial charge in [0.1, 0.15) is 5.75 Å². The molecule has 1 saturated heterocycles. The molecule has 0 unspecified atom stereocenters. The summed E-state index contributed by atoms with van der Waals surface area (Å²) in [7, 11) is 0. The molecule has 1 aliphatic heterocycles. The predicted octanol–water partition coefficient (Wildman–Crippen LogP) is 2.40. The van der Waals surface area contributed by atoms with Gasteiger partial charge in [0, 0.05) is 6.54 Å². The average molecular weight is 263 g/mol. The fraction of sp³-hybridized carbons (Fsp3) is 0.533.